The average molecular weight is 423 g/mol. The maximum Gasteiger partial charge on any atom is 0.214 e. The molecule has 2 N–H and O–H groups in total. The van der Waals surface area contributed by atoms with E-state index in [-0.39, 0.29) is 30.1 Å². The zero-order valence-corrected chi connectivity index (χ0v) is 18.3. The number of hydrogen-bond acceptors (Lipinski definition) is 3. The van der Waals surface area contributed by atoms with Crippen LogP contribution < -0.4 is 5.73 Å². The van der Waals surface area contributed by atoms with Gasteiger partial charge in [-0.25, -0.2) is 12.7 Å². The van der Waals surface area contributed by atoms with Gasteiger partial charge in [0, 0.05) is 25.6 Å². The third-order valence-electron chi connectivity index (χ3n) is 5.51. The van der Waals surface area contributed by atoms with Crippen LogP contribution >= 0.6 is 12.4 Å². The van der Waals surface area contributed by atoms with Gasteiger partial charge in [0.05, 0.1) is 5.75 Å². The van der Waals surface area contributed by atoms with Crippen LogP contribution in [-0.2, 0) is 29.4 Å². The van der Waals surface area contributed by atoms with Crippen molar-refractivity contribution in [2.75, 3.05) is 12.8 Å². The monoisotopic (exact) mass is 422 g/mol. The average Bonchev–Trinajstić information content (AvgIpc) is 2.65. The van der Waals surface area contributed by atoms with Gasteiger partial charge in [-0.2, -0.15) is 0 Å². The zero-order valence-electron chi connectivity index (χ0n) is 16.7. The lowest BCUT2D eigenvalue weighted by molar-refractivity contribution is 0.457. The summed E-state index contributed by atoms with van der Waals surface area (Å²) in [5.74, 6) is 0.462. The van der Waals surface area contributed by atoms with Gasteiger partial charge in [-0.15, -0.1) is 12.4 Å². The molecule has 6 heteroatoms. The molecule has 0 saturated heterocycles. The number of hydrogen-bond donors (Lipinski definition) is 1. The normalized spacial score (nSPS) is 19.1. The molecule has 0 fully saturated rings. The molecule has 0 heterocycles. The minimum atomic E-state index is -3.19. The van der Waals surface area contributed by atoms with Crippen molar-refractivity contribution < 1.29 is 8.42 Å². The number of rotatable bonds is 7. The fourth-order valence-corrected chi connectivity index (χ4v) is 5.14. The van der Waals surface area contributed by atoms with Crippen molar-refractivity contribution >= 4 is 22.4 Å². The third-order valence-corrected chi connectivity index (χ3v) is 7.52. The molecule has 2 aromatic carbocycles. The summed E-state index contributed by atoms with van der Waals surface area (Å²) < 4.78 is 26.0. The molecule has 0 aromatic heterocycles. The van der Waals surface area contributed by atoms with E-state index in [1.54, 1.807) is 7.05 Å². The summed E-state index contributed by atoms with van der Waals surface area (Å²) in [6.07, 6.45) is 3.54. The predicted octanol–water partition coefficient (Wildman–Crippen LogP) is 3.88. The molecule has 3 rings (SSSR count). The van der Waals surface area contributed by atoms with Crippen LogP contribution in [-0.4, -0.2) is 31.6 Å². The molecule has 2 atom stereocenters. The van der Waals surface area contributed by atoms with Gasteiger partial charge in [-0.1, -0.05) is 55.5 Å². The van der Waals surface area contributed by atoms with Crippen molar-refractivity contribution in [1.82, 2.24) is 4.31 Å². The zero-order chi connectivity index (χ0) is 19.4. The Bertz CT molecular complexity index is 871. The molecule has 0 aliphatic heterocycles. The first-order valence-electron chi connectivity index (χ1n) is 9.76. The number of nitrogens with zero attached hydrogens (tertiary/aromatic N) is 1. The highest BCUT2D eigenvalue weighted by molar-refractivity contribution is 7.89. The lowest BCUT2D eigenvalue weighted by Crippen LogP contribution is -2.34. The van der Waals surface area contributed by atoms with Crippen LogP contribution in [0.5, 0.6) is 0 Å². The standard InChI is InChI=1S/C22H30N2O2S.ClH/c1-3-13-27(25,26)24(2)16-18-9-10-19-11-12-22(23)21(20(19)15-18)14-17-7-5-4-6-8-17;/h4-10,15,21-22H,3,11-14,16,23H2,1-2H3;1H/t21-,22+;/m0./s1. The summed E-state index contributed by atoms with van der Waals surface area (Å²) in [5.41, 5.74) is 11.5. The Kier molecular flexibility index (Phi) is 8.07. The quantitative estimate of drug-likeness (QED) is 0.736. The molecule has 0 spiro atoms. The van der Waals surface area contributed by atoms with Gasteiger partial charge in [-0.05, 0) is 47.9 Å². The second-order valence-corrected chi connectivity index (χ2v) is 9.80. The van der Waals surface area contributed by atoms with Gasteiger partial charge in [0.25, 0.3) is 0 Å². The van der Waals surface area contributed by atoms with E-state index >= 15 is 0 Å². The molecule has 0 bridgehead atoms. The Hall–Kier alpha value is -1.40. The highest BCUT2D eigenvalue weighted by atomic mass is 35.5. The molecule has 2 aromatic rings. The van der Waals surface area contributed by atoms with Gasteiger partial charge >= 0.3 is 0 Å². The Morgan fingerprint density at radius 3 is 2.50 bits per heavy atom. The number of aryl methyl sites for hydroxylation is 1. The van der Waals surface area contributed by atoms with Crippen LogP contribution in [0.3, 0.4) is 0 Å². The SMILES string of the molecule is CCCS(=O)(=O)N(C)Cc1ccc2c(c1)[C@H](Cc1ccccc1)[C@H](N)CC2.Cl. The maximum absolute atomic E-state index is 12.3. The molecule has 1 aliphatic carbocycles. The summed E-state index contributed by atoms with van der Waals surface area (Å²) in [5, 5.41) is 0. The fraction of sp³-hybridized carbons (Fsp3) is 0.455. The minimum absolute atomic E-state index is 0. The molecule has 0 unspecified atom stereocenters. The van der Waals surface area contributed by atoms with Crippen LogP contribution in [0.1, 0.15) is 47.9 Å². The van der Waals surface area contributed by atoms with E-state index in [1.165, 1.54) is 21.0 Å². The molecule has 4 nitrogen and oxygen atoms in total. The summed E-state index contributed by atoms with van der Waals surface area (Å²) in [7, 11) is -1.53. The van der Waals surface area contributed by atoms with Crippen molar-refractivity contribution in [1.29, 1.82) is 0 Å². The Balaban J connectivity index is 0.00000280. The Morgan fingerprint density at radius 1 is 1.11 bits per heavy atom. The second-order valence-electron chi connectivity index (χ2n) is 7.60. The fourth-order valence-electron chi connectivity index (χ4n) is 3.97. The lowest BCUT2D eigenvalue weighted by Gasteiger charge is -2.32. The molecule has 154 valence electrons. The van der Waals surface area contributed by atoms with Gasteiger partial charge in [0.1, 0.15) is 0 Å². The van der Waals surface area contributed by atoms with Crippen molar-refractivity contribution in [3.8, 4) is 0 Å². The van der Waals surface area contributed by atoms with Crippen LogP contribution in [0, 0.1) is 0 Å². The smallest absolute Gasteiger partial charge is 0.214 e. The number of halogens is 1. The van der Waals surface area contributed by atoms with Crippen LogP contribution in [0.25, 0.3) is 0 Å². The van der Waals surface area contributed by atoms with Crippen LogP contribution in [0.2, 0.25) is 0 Å². The van der Waals surface area contributed by atoms with Gasteiger partial charge in [0.15, 0.2) is 0 Å². The third kappa shape index (κ3) is 5.35. The first kappa shape index (κ1) is 22.9. The second kappa shape index (κ2) is 9.88. The lowest BCUT2D eigenvalue weighted by atomic mass is 9.76. The van der Waals surface area contributed by atoms with Gasteiger partial charge < -0.3 is 5.73 Å². The molecular formula is C22H31ClN2O2S. The van der Waals surface area contributed by atoms with Crippen molar-refractivity contribution in [2.24, 2.45) is 5.73 Å². The highest BCUT2D eigenvalue weighted by Gasteiger charge is 2.28. The van der Waals surface area contributed by atoms with Crippen molar-refractivity contribution in [3.05, 3.63) is 70.8 Å². The van der Waals surface area contributed by atoms with Crippen molar-refractivity contribution in [3.63, 3.8) is 0 Å². The van der Waals surface area contributed by atoms with Crippen LogP contribution in [0.4, 0.5) is 0 Å². The molecule has 1 aliphatic rings. The van der Waals surface area contributed by atoms with E-state index in [4.69, 9.17) is 5.73 Å². The summed E-state index contributed by atoms with van der Waals surface area (Å²) >= 11 is 0. The van der Waals surface area contributed by atoms with E-state index in [0.29, 0.717) is 13.0 Å². The number of nitrogens with two attached hydrogens (primary N) is 1. The van der Waals surface area contributed by atoms with Crippen LogP contribution in [0.15, 0.2) is 48.5 Å². The van der Waals surface area contributed by atoms with E-state index in [1.807, 2.05) is 13.0 Å². The van der Waals surface area contributed by atoms with E-state index in [9.17, 15) is 8.42 Å². The number of fused-ring (bicyclic) bond motifs is 1. The molecule has 0 radical (unpaired) electrons. The van der Waals surface area contributed by atoms with Crippen molar-refractivity contribution in [2.45, 2.75) is 51.1 Å². The Morgan fingerprint density at radius 2 is 1.82 bits per heavy atom. The number of sulfonamides is 1. The summed E-state index contributed by atoms with van der Waals surface area (Å²) in [4.78, 5) is 0. The van der Waals surface area contributed by atoms with E-state index in [2.05, 4.69) is 42.5 Å². The summed E-state index contributed by atoms with van der Waals surface area (Å²) in [6.45, 7) is 2.29. The highest BCUT2D eigenvalue weighted by Crippen LogP contribution is 2.34. The van der Waals surface area contributed by atoms with E-state index < -0.39 is 10.0 Å². The topological polar surface area (TPSA) is 63.4 Å². The first-order valence-corrected chi connectivity index (χ1v) is 11.4. The molecule has 28 heavy (non-hydrogen) atoms. The molecular weight excluding hydrogens is 392 g/mol. The van der Waals surface area contributed by atoms with Gasteiger partial charge in [0.2, 0.25) is 10.0 Å². The van der Waals surface area contributed by atoms with Gasteiger partial charge in [-0.3, -0.25) is 0 Å². The Labute approximate surface area is 175 Å². The first-order chi connectivity index (χ1) is 12.9. The summed E-state index contributed by atoms with van der Waals surface area (Å²) in [6, 6.07) is 17.0. The largest absolute Gasteiger partial charge is 0.327 e. The molecule has 0 saturated carbocycles. The molecule has 0 amide bonds. The number of benzene rings is 2. The maximum atomic E-state index is 12.3. The van der Waals surface area contributed by atoms with E-state index in [0.717, 1.165) is 24.8 Å². The predicted molar refractivity (Wildman–Crippen MR) is 118 cm³/mol. The minimum Gasteiger partial charge on any atom is -0.327 e.